The highest BCUT2D eigenvalue weighted by atomic mass is 35.5. The molecule has 0 aliphatic carbocycles. The van der Waals surface area contributed by atoms with Gasteiger partial charge in [-0.3, -0.25) is 4.79 Å². The fourth-order valence-corrected chi connectivity index (χ4v) is 6.02. The fourth-order valence-electron chi connectivity index (χ4n) is 5.89. The second kappa shape index (κ2) is 16.4. The van der Waals surface area contributed by atoms with Gasteiger partial charge in [0.1, 0.15) is 24.7 Å². The van der Waals surface area contributed by atoms with Crippen LogP contribution in [0.4, 0.5) is 11.6 Å². The number of aromatic nitrogens is 2. The third-order valence-corrected chi connectivity index (χ3v) is 8.29. The van der Waals surface area contributed by atoms with Crippen molar-refractivity contribution in [1.29, 1.82) is 0 Å². The lowest BCUT2D eigenvalue weighted by atomic mass is 9.99. The van der Waals surface area contributed by atoms with E-state index in [4.69, 9.17) is 42.8 Å². The molecule has 4 rings (SSSR count). The highest BCUT2D eigenvalue weighted by molar-refractivity contribution is 6.31. The van der Waals surface area contributed by atoms with Crippen LogP contribution in [0.1, 0.15) is 47.3 Å². The third kappa shape index (κ3) is 9.68. The topological polar surface area (TPSA) is 166 Å². The number of carbonyl (C=O) groups is 1. The summed E-state index contributed by atoms with van der Waals surface area (Å²) < 4.78 is 11.9. The first kappa shape index (κ1) is 33.3. The zero-order valence-corrected chi connectivity index (χ0v) is 25.8. The molecule has 1 amide bonds. The minimum atomic E-state index is -0.395. The number of rotatable bonds is 16. The molecule has 238 valence electrons. The summed E-state index contributed by atoms with van der Waals surface area (Å²) in [6, 6.07) is 16.0. The van der Waals surface area contributed by atoms with Crippen LogP contribution in [-0.4, -0.2) is 89.2 Å². The number of carbonyl (C=O) groups excluding carboxylic acids is 1. The molecule has 1 aliphatic rings. The number of anilines is 2. The van der Waals surface area contributed by atoms with E-state index in [0.29, 0.717) is 0 Å². The monoisotopic (exact) mass is 627 g/mol. The number of aliphatic hydroxyl groups excluding tert-OH is 2. The largest absolute Gasteiger partial charge is 0.491 e. The number of benzene rings is 2. The van der Waals surface area contributed by atoms with Crippen molar-refractivity contribution in [2.45, 2.75) is 44.6 Å². The molecule has 7 N–H and O–H groups in total. The van der Waals surface area contributed by atoms with Crippen molar-refractivity contribution in [3.8, 4) is 11.5 Å². The molecule has 1 aromatic heterocycles. The summed E-state index contributed by atoms with van der Waals surface area (Å²) in [4.78, 5) is 21.2. The number of hydrogen-bond acceptors (Lipinski definition) is 9. The molecule has 0 radical (unpaired) electrons. The molecule has 1 atom stereocenters. The maximum absolute atomic E-state index is 13.1. The highest BCUT2D eigenvalue weighted by Crippen LogP contribution is 2.25. The van der Waals surface area contributed by atoms with E-state index >= 15 is 0 Å². The van der Waals surface area contributed by atoms with E-state index in [9.17, 15) is 4.79 Å². The minimum absolute atomic E-state index is 0.00582. The first-order chi connectivity index (χ1) is 21.3. The van der Waals surface area contributed by atoms with Crippen LogP contribution < -0.4 is 26.3 Å². The summed E-state index contributed by atoms with van der Waals surface area (Å²) in [5.41, 5.74) is 14.1. The number of nitrogens with zero attached hydrogens (tertiary/aromatic N) is 3. The number of quaternary nitrogens is 1. The van der Waals surface area contributed by atoms with Crippen LogP contribution in [0.15, 0.2) is 48.5 Å². The van der Waals surface area contributed by atoms with Gasteiger partial charge in [0.05, 0.1) is 45.4 Å². The van der Waals surface area contributed by atoms with Crippen molar-refractivity contribution in [2.75, 3.05) is 64.1 Å². The van der Waals surface area contributed by atoms with Gasteiger partial charge in [-0.2, -0.15) is 0 Å². The maximum atomic E-state index is 13.1. The molecular weight excluding hydrogens is 584 g/mol. The smallest absolute Gasteiger partial charge is 0.274 e. The lowest BCUT2D eigenvalue weighted by Crippen LogP contribution is -2.60. The highest BCUT2D eigenvalue weighted by Gasteiger charge is 2.35. The van der Waals surface area contributed by atoms with Crippen LogP contribution in [0, 0.1) is 0 Å². The number of aliphatic hydroxyl groups is 2. The van der Waals surface area contributed by atoms with E-state index in [-0.39, 0.29) is 55.0 Å². The van der Waals surface area contributed by atoms with Crippen molar-refractivity contribution in [3.63, 3.8) is 0 Å². The van der Waals surface area contributed by atoms with Crippen LogP contribution in [0.25, 0.3) is 0 Å². The average molecular weight is 628 g/mol. The molecule has 0 saturated carbocycles. The minimum Gasteiger partial charge on any atom is -0.491 e. The first-order valence-electron chi connectivity index (χ1n) is 15.2. The third-order valence-electron chi connectivity index (χ3n) is 8.01. The number of ether oxygens (including phenoxy) is 2. The Labute approximate surface area is 263 Å². The van der Waals surface area contributed by atoms with Crippen molar-refractivity contribution < 1.29 is 29.0 Å². The summed E-state index contributed by atoms with van der Waals surface area (Å²) in [5, 5.41) is 21.1. The molecule has 11 nitrogen and oxygen atoms in total. The van der Waals surface area contributed by atoms with Gasteiger partial charge in [0, 0.05) is 12.8 Å². The molecule has 44 heavy (non-hydrogen) atoms. The molecule has 3 aromatic rings. The summed E-state index contributed by atoms with van der Waals surface area (Å²) in [7, 11) is 0. The van der Waals surface area contributed by atoms with E-state index in [1.807, 2.05) is 24.3 Å². The molecule has 1 saturated heterocycles. The van der Waals surface area contributed by atoms with E-state index in [0.717, 1.165) is 80.7 Å². The maximum Gasteiger partial charge on any atom is 0.274 e. The van der Waals surface area contributed by atoms with Crippen molar-refractivity contribution >= 4 is 29.1 Å². The quantitative estimate of drug-likeness (QED) is 0.150. The molecule has 0 unspecified atom stereocenters. The van der Waals surface area contributed by atoms with Crippen LogP contribution in [0.3, 0.4) is 0 Å². The number of aryl methyl sites for hydroxylation is 2. The summed E-state index contributed by atoms with van der Waals surface area (Å²) in [6.45, 7) is 4.36. The predicted molar refractivity (Wildman–Crippen MR) is 171 cm³/mol. The second-order valence-electron chi connectivity index (χ2n) is 11.3. The Hall–Kier alpha value is -3.64. The Morgan fingerprint density at radius 2 is 1.43 bits per heavy atom. The predicted octanol–water partition coefficient (Wildman–Crippen LogP) is 3.01. The first-order valence-corrected chi connectivity index (χ1v) is 15.6. The normalized spacial score (nSPS) is 15.9. The number of likely N-dealkylation sites (tertiary alicyclic amines) is 1. The molecule has 1 aliphatic heterocycles. The van der Waals surface area contributed by atoms with Gasteiger partial charge in [0.25, 0.3) is 5.91 Å². The lowest BCUT2D eigenvalue weighted by Gasteiger charge is -2.45. The number of nitrogen functional groups attached to an aromatic ring is 2. The van der Waals surface area contributed by atoms with E-state index in [2.05, 4.69) is 39.6 Å². The zero-order chi connectivity index (χ0) is 31.4. The SMILES string of the molecule is Nc1nc(N)c(C(=O)N[C@H]2CCC[N+](CCCc3ccc(OCCO)cc3)(CCCc3ccc(OCCO)cc3)C2)nc1Cl. The van der Waals surface area contributed by atoms with Crippen LogP contribution >= 0.6 is 11.6 Å². The van der Waals surface area contributed by atoms with Gasteiger partial charge in [0.15, 0.2) is 22.5 Å². The van der Waals surface area contributed by atoms with E-state index in [1.54, 1.807) is 0 Å². The summed E-state index contributed by atoms with van der Waals surface area (Å²) in [6.07, 6.45) is 5.72. The Kier molecular flexibility index (Phi) is 12.4. The number of hydrogen-bond donors (Lipinski definition) is 5. The number of amides is 1. The number of piperidine rings is 1. The van der Waals surface area contributed by atoms with E-state index in [1.165, 1.54) is 11.1 Å². The van der Waals surface area contributed by atoms with Crippen molar-refractivity contribution in [1.82, 2.24) is 15.3 Å². The molecule has 0 bridgehead atoms. The molecule has 1 fully saturated rings. The Morgan fingerprint density at radius 1 is 0.886 bits per heavy atom. The van der Waals surface area contributed by atoms with Crippen molar-refractivity contribution in [3.05, 3.63) is 70.5 Å². The van der Waals surface area contributed by atoms with E-state index < -0.39 is 5.91 Å². The van der Waals surface area contributed by atoms with Gasteiger partial charge in [-0.15, -0.1) is 0 Å². The van der Waals surface area contributed by atoms with Crippen LogP contribution in [0.2, 0.25) is 5.15 Å². The van der Waals surface area contributed by atoms with Crippen LogP contribution in [0.5, 0.6) is 11.5 Å². The number of nitrogens with one attached hydrogen (secondary N) is 1. The van der Waals surface area contributed by atoms with Gasteiger partial charge >= 0.3 is 0 Å². The fraction of sp³-hybridized carbons (Fsp3) is 0.469. The lowest BCUT2D eigenvalue weighted by molar-refractivity contribution is -0.933. The zero-order valence-electron chi connectivity index (χ0n) is 25.1. The molecule has 2 heterocycles. The number of halogens is 1. The van der Waals surface area contributed by atoms with Gasteiger partial charge in [0.2, 0.25) is 0 Å². The van der Waals surface area contributed by atoms with Gasteiger partial charge in [-0.05, 0) is 61.1 Å². The van der Waals surface area contributed by atoms with Gasteiger partial charge in [-0.25, -0.2) is 9.97 Å². The van der Waals surface area contributed by atoms with Gasteiger partial charge < -0.3 is 41.0 Å². The number of nitrogens with two attached hydrogens (primary N) is 2. The Balaban J connectivity index is 1.40. The second-order valence-corrected chi connectivity index (χ2v) is 11.6. The van der Waals surface area contributed by atoms with Crippen LogP contribution in [-0.2, 0) is 12.8 Å². The molecular formula is C32H44ClN6O5+. The Bertz CT molecular complexity index is 1280. The molecule has 12 heteroatoms. The standard InChI is InChI=1S/C32H43ClN6O5/c33-29-31(35)38-30(34)28(37-29)32(42)36-25-6-3-17-39(22-25,15-1-4-23-7-11-26(12-8-23)43-20-18-40)16-2-5-24-9-13-27(14-10-24)44-21-19-41/h7-14,25,40-41H,1-6,15-22H2,(H4-,34,35,36,38,42)/p+1/t25-/m0/s1. The summed E-state index contributed by atoms with van der Waals surface area (Å²) in [5.74, 6) is 1.06. The Morgan fingerprint density at radius 3 is 1.95 bits per heavy atom. The molecule has 2 aromatic carbocycles. The summed E-state index contributed by atoms with van der Waals surface area (Å²) >= 11 is 6.02. The average Bonchev–Trinajstić information content (AvgIpc) is 3.02. The van der Waals surface area contributed by atoms with Gasteiger partial charge in [-0.1, -0.05) is 35.9 Å². The molecule has 0 spiro atoms. The van der Waals surface area contributed by atoms with Crippen molar-refractivity contribution in [2.24, 2.45) is 0 Å².